The summed E-state index contributed by atoms with van der Waals surface area (Å²) in [5.41, 5.74) is 15.3. The first-order chi connectivity index (χ1) is 25.7. The molecule has 248 valence electrons. The van der Waals surface area contributed by atoms with Crippen molar-refractivity contribution in [3.63, 3.8) is 0 Å². The highest BCUT2D eigenvalue weighted by Gasteiger charge is 2.28. The number of rotatable bonds is 5. The topological polar surface area (TPSA) is 17.8 Å². The summed E-state index contributed by atoms with van der Waals surface area (Å²) >= 11 is 0. The van der Waals surface area contributed by atoms with Gasteiger partial charge in [0.05, 0.1) is 11.4 Å². The lowest BCUT2D eigenvalue weighted by Crippen LogP contribution is -2.12. The predicted molar refractivity (Wildman–Crippen MR) is 219 cm³/mol. The van der Waals surface area contributed by atoms with E-state index >= 15 is 0 Å². The highest BCUT2D eigenvalue weighted by Crippen LogP contribution is 2.48. The zero-order valence-corrected chi connectivity index (χ0v) is 29.3. The van der Waals surface area contributed by atoms with Crippen LogP contribution in [0.2, 0.25) is 0 Å². The number of aromatic nitrogens is 2. The zero-order chi connectivity index (χ0) is 34.6. The molecule has 0 bridgehead atoms. The minimum absolute atomic E-state index is 0.341. The molecule has 0 radical (unpaired) electrons. The van der Waals surface area contributed by atoms with Crippen LogP contribution in [-0.2, 0) is 12.8 Å². The average molecular weight is 667 g/mol. The van der Waals surface area contributed by atoms with Crippen LogP contribution in [0.1, 0.15) is 41.4 Å². The lowest BCUT2D eigenvalue weighted by molar-refractivity contribution is 0.739. The van der Waals surface area contributed by atoms with Crippen molar-refractivity contribution in [2.75, 3.05) is 0 Å². The Hall–Kier alpha value is -6.25. The molecule has 7 aromatic carbocycles. The number of hydrogen-bond donors (Lipinski definition) is 0. The fourth-order valence-corrected chi connectivity index (χ4v) is 8.68. The molecule has 1 heterocycles. The summed E-state index contributed by atoms with van der Waals surface area (Å²) in [4.78, 5) is 5.12. The number of imidazole rings is 1. The Morgan fingerprint density at radius 1 is 0.596 bits per heavy atom. The van der Waals surface area contributed by atoms with Crippen molar-refractivity contribution < 1.29 is 0 Å². The van der Waals surface area contributed by atoms with Crippen molar-refractivity contribution in [2.45, 2.75) is 26.2 Å². The number of hydrogen-bond acceptors (Lipinski definition) is 1. The van der Waals surface area contributed by atoms with E-state index in [0.29, 0.717) is 5.92 Å². The lowest BCUT2D eigenvalue weighted by atomic mass is 9.74. The van der Waals surface area contributed by atoms with Crippen LogP contribution in [0.5, 0.6) is 0 Å². The van der Waals surface area contributed by atoms with E-state index in [0.717, 1.165) is 42.0 Å². The standard InChI is InChI=1S/C50H38N2/c1-33-30-44-45(32-43(33)35-26-28-40(29-27-35)52-47-23-13-12-22-46(47)51-50(52)37-17-6-3-7-18-37)48(36-15-4-2-5-16-36)41-20-10-11-21-42(41)49(44)39-25-24-34-14-8-9-19-38(34)31-39/h2-12,14-22,24-29,31-33H,13,23,30H2,1H3. The molecular weight excluding hydrogens is 629 g/mol. The fraction of sp³-hybridized carbons (Fsp3) is 0.100. The molecule has 1 atom stereocenters. The summed E-state index contributed by atoms with van der Waals surface area (Å²) in [6.45, 7) is 2.40. The van der Waals surface area contributed by atoms with Crippen LogP contribution < -0.4 is 0 Å². The first-order valence-electron chi connectivity index (χ1n) is 18.5. The monoisotopic (exact) mass is 666 g/mol. The van der Waals surface area contributed by atoms with Gasteiger partial charge in [-0.2, -0.15) is 0 Å². The van der Waals surface area contributed by atoms with Crippen molar-refractivity contribution >= 4 is 39.3 Å². The van der Waals surface area contributed by atoms with Crippen LogP contribution in [0.3, 0.4) is 0 Å². The first kappa shape index (κ1) is 30.6. The maximum absolute atomic E-state index is 5.12. The molecule has 10 rings (SSSR count). The van der Waals surface area contributed by atoms with Crippen molar-refractivity contribution in [1.29, 1.82) is 0 Å². The van der Waals surface area contributed by atoms with Gasteiger partial charge < -0.3 is 0 Å². The van der Waals surface area contributed by atoms with Gasteiger partial charge in [-0.15, -0.1) is 0 Å². The number of benzene rings is 7. The molecule has 2 heteroatoms. The first-order valence-corrected chi connectivity index (χ1v) is 18.5. The van der Waals surface area contributed by atoms with Gasteiger partial charge in [-0.25, -0.2) is 4.98 Å². The van der Waals surface area contributed by atoms with E-state index in [1.807, 2.05) is 0 Å². The largest absolute Gasteiger partial charge is 0.296 e. The Morgan fingerprint density at radius 3 is 2.02 bits per heavy atom. The molecule has 0 N–H and O–H groups in total. The average Bonchev–Trinajstić information content (AvgIpc) is 3.60. The third kappa shape index (κ3) is 5.06. The maximum atomic E-state index is 5.12. The molecule has 0 aliphatic heterocycles. The number of allylic oxidation sites excluding steroid dienone is 2. The second-order valence-electron chi connectivity index (χ2n) is 14.3. The van der Waals surface area contributed by atoms with Crippen LogP contribution >= 0.6 is 0 Å². The zero-order valence-electron chi connectivity index (χ0n) is 29.3. The van der Waals surface area contributed by atoms with Gasteiger partial charge in [0.25, 0.3) is 0 Å². The van der Waals surface area contributed by atoms with E-state index in [1.165, 1.54) is 71.8 Å². The van der Waals surface area contributed by atoms with Crippen LogP contribution in [0.25, 0.3) is 78.6 Å². The van der Waals surface area contributed by atoms with Gasteiger partial charge in [-0.05, 0) is 122 Å². The van der Waals surface area contributed by atoms with Crippen LogP contribution in [0.15, 0.2) is 158 Å². The molecule has 2 aliphatic rings. The molecule has 1 unspecified atom stereocenters. The predicted octanol–water partition coefficient (Wildman–Crippen LogP) is 12.9. The lowest BCUT2D eigenvalue weighted by Gasteiger charge is -2.30. The quantitative estimate of drug-likeness (QED) is 0.179. The molecule has 52 heavy (non-hydrogen) atoms. The third-order valence-electron chi connectivity index (χ3n) is 11.1. The van der Waals surface area contributed by atoms with Gasteiger partial charge in [-0.1, -0.05) is 146 Å². The van der Waals surface area contributed by atoms with E-state index in [1.54, 1.807) is 0 Å². The van der Waals surface area contributed by atoms with Crippen LogP contribution in [-0.4, -0.2) is 9.55 Å². The molecule has 0 spiro atoms. The summed E-state index contributed by atoms with van der Waals surface area (Å²) in [7, 11) is 0. The highest BCUT2D eigenvalue weighted by molar-refractivity contribution is 6.12. The molecule has 0 saturated heterocycles. The van der Waals surface area contributed by atoms with Gasteiger partial charge >= 0.3 is 0 Å². The van der Waals surface area contributed by atoms with E-state index in [4.69, 9.17) is 4.98 Å². The van der Waals surface area contributed by atoms with Crippen molar-refractivity contribution in [2.24, 2.45) is 5.92 Å². The molecule has 0 fully saturated rings. The van der Waals surface area contributed by atoms with Gasteiger partial charge in [0, 0.05) is 11.3 Å². The van der Waals surface area contributed by atoms with Gasteiger partial charge in [0.1, 0.15) is 5.82 Å². The Morgan fingerprint density at radius 2 is 1.25 bits per heavy atom. The Labute approximate surface area is 305 Å². The van der Waals surface area contributed by atoms with Gasteiger partial charge in [0.2, 0.25) is 0 Å². The molecule has 2 aliphatic carbocycles. The fourth-order valence-electron chi connectivity index (χ4n) is 8.68. The number of fused-ring (bicyclic) bond motifs is 4. The summed E-state index contributed by atoms with van der Waals surface area (Å²) in [6.07, 6.45) is 9.93. The summed E-state index contributed by atoms with van der Waals surface area (Å²) in [5.74, 6) is 1.35. The molecule has 8 aromatic rings. The molecule has 2 nitrogen and oxygen atoms in total. The highest BCUT2D eigenvalue weighted by atomic mass is 15.1. The molecule has 0 saturated carbocycles. The second kappa shape index (κ2) is 12.5. The minimum atomic E-state index is 0.341. The SMILES string of the molecule is CC1Cc2c(c(-c3ccccc3)c3ccccc3c2-c2ccc3ccccc3c2)C=C1c1ccc(-n2c(-c3ccccc3)nc3c2CCC=C3)cc1. The Bertz CT molecular complexity index is 2690. The molecular formula is C50H38N2. The van der Waals surface area contributed by atoms with Gasteiger partial charge in [-0.3, -0.25) is 4.57 Å². The van der Waals surface area contributed by atoms with E-state index in [-0.39, 0.29) is 0 Å². The smallest absolute Gasteiger partial charge is 0.145 e. The van der Waals surface area contributed by atoms with Crippen molar-refractivity contribution in [1.82, 2.24) is 9.55 Å². The molecule has 1 aromatic heterocycles. The minimum Gasteiger partial charge on any atom is -0.296 e. The third-order valence-corrected chi connectivity index (χ3v) is 11.1. The van der Waals surface area contributed by atoms with E-state index in [2.05, 4.69) is 181 Å². The maximum Gasteiger partial charge on any atom is 0.145 e. The summed E-state index contributed by atoms with van der Waals surface area (Å²) in [5, 5.41) is 5.16. The normalized spacial score (nSPS) is 15.0. The Kier molecular flexibility index (Phi) is 7.35. The van der Waals surface area contributed by atoms with Crippen LogP contribution in [0, 0.1) is 5.92 Å². The van der Waals surface area contributed by atoms with Crippen molar-refractivity contribution in [3.05, 3.63) is 186 Å². The summed E-state index contributed by atoms with van der Waals surface area (Å²) in [6, 6.07) is 55.5. The molecule has 0 amide bonds. The van der Waals surface area contributed by atoms with Gasteiger partial charge in [0.15, 0.2) is 0 Å². The number of nitrogens with zero attached hydrogens (tertiary/aromatic N) is 2. The second-order valence-corrected chi connectivity index (χ2v) is 14.3. The van der Waals surface area contributed by atoms with E-state index in [9.17, 15) is 0 Å². The summed E-state index contributed by atoms with van der Waals surface area (Å²) < 4.78 is 2.38. The van der Waals surface area contributed by atoms with E-state index < -0.39 is 0 Å². The van der Waals surface area contributed by atoms with Crippen LogP contribution in [0.4, 0.5) is 0 Å². The Balaban J connectivity index is 1.16. The van der Waals surface area contributed by atoms with Crippen molar-refractivity contribution in [3.8, 4) is 39.3 Å².